The lowest BCUT2D eigenvalue weighted by molar-refractivity contribution is -0.138. The summed E-state index contributed by atoms with van der Waals surface area (Å²) in [5.74, 6) is -1.98. The minimum absolute atomic E-state index is 0.0554. The van der Waals surface area contributed by atoms with E-state index in [2.05, 4.69) is 5.32 Å². The van der Waals surface area contributed by atoms with Crippen LogP contribution in [0.15, 0.2) is 60.0 Å². The van der Waals surface area contributed by atoms with Crippen LogP contribution in [0, 0.1) is 0 Å². The van der Waals surface area contributed by atoms with Crippen molar-refractivity contribution >= 4 is 33.3 Å². The topological polar surface area (TPSA) is 66.4 Å². The van der Waals surface area contributed by atoms with E-state index in [0.29, 0.717) is 11.1 Å². The quantitative estimate of drug-likeness (QED) is 0.754. The molecule has 0 aliphatic heterocycles. The fourth-order valence-corrected chi connectivity index (χ4v) is 3.21. The summed E-state index contributed by atoms with van der Waals surface area (Å²) in [6.07, 6.45) is 0. The van der Waals surface area contributed by atoms with Crippen LogP contribution in [0.5, 0.6) is 0 Å². The lowest BCUT2D eigenvalue weighted by Gasteiger charge is -2.14. The van der Waals surface area contributed by atoms with Crippen molar-refractivity contribution in [2.24, 2.45) is 0 Å². The molecule has 5 heteroatoms. The van der Waals surface area contributed by atoms with Gasteiger partial charge in [-0.25, -0.2) is 0 Å². The van der Waals surface area contributed by atoms with Crippen molar-refractivity contribution in [2.75, 3.05) is 6.54 Å². The van der Waals surface area contributed by atoms with Crippen molar-refractivity contribution in [1.82, 2.24) is 5.32 Å². The number of aliphatic carboxylic acids is 1. The highest BCUT2D eigenvalue weighted by Gasteiger charge is 2.20. The zero-order valence-corrected chi connectivity index (χ0v) is 13.0. The van der Waals surface area contributed by atoms with E-state index in [4.69, 9.17) is 0 Å². The summed E-state index contributed by atoms with van der Waals surface area (Å²) in [6, 6.07) is 16.4. The van der Waals surface area contributed by atoms with Crippen molar-refractivity contribution < 1.29 is 14.7 Å². The Bertz CT molecular complexity index is 842. The van der Waals surface area contributed by atoms with Gasteiger partial charge in [0.1, 0.15) is 0 Å². The highest BCUT2D eigenvalue weighted by Crippen LogP contribution is 2.22. The van der Waals surface area contributed by atoms with Crippen molar-refractivity contribution in [3.8, 4) is 0 Å². The van der Waals surface area contributed by atoms with Gasteiger partial charge in [0.15, 0.2) is 0 Å². The van der Waals surface area contributed by atoms with E-state index in [9.17, 15) is 14.7 Å². The van der Waals surface area contributed by atoms with Crippen LogP contribution in [0.25, 0.3) is 10.1 Å². The molecule has 0 saturated heterocycles. The third-order valence-electron chi connectivity index (χ3n) is 3.68. The summed E-state index contributed by atoms with van der Waals surface area (Å²) in [7, 11) is 0. The molecule has 23 heavy (non-hydrogen) atoms. The first-order valence-electron chi connectivity index (χ1n) is 7.18. The SMILES string of the molecule is O=C(NCC(C(=O)O)c1ccccc1)c1ccc2sccc2c1. The average molecular weight is 325 g/mol. The van der Waals surface area contributed by atoms with Gasteiger partial charge in [-0.2, -0.15) is 0 Å². The van der Waals surface area contributed by atoms with Crippen LogP contribution in [-0.4, -0.2) is 23.5 Å². The van der Waals surface area contributed by atoms with Crippen LogP contribution in [-0.2, 0) is 4.79 Å². The Morgan fingerprint density at radius 1 is 1.09 bits per heavy atom. The van der Waals surface area contributed by atoms with Gasteiger partial charge in [0.2, 0.25) is 0 Å². The summed E-state index contributed by atoms with van der Waals surface area (Å²) in [5.41, 5.74) is 1.21. The highest BCUT2D eigenvalue weighted by molar-refractivity contribution is 7.17. The number of hydrogen-bond acceptors (Lipinski definition) is 3. The normalized spacial score (nSPS) is 12.0. The zero-order chi connectivity index (χ0) is 16.2. The summed E-state index contributed by atoms with van der Waals surface area (Å²) >= 11 is 1.62. The predicted octanol–water partition coefficient (Wildman–Crippen LogP) is 3.50. The number of fused-ring (bicyclic) bond motifs is 1. The Hall–Kier alpha value is -2.66. The van der Waals surface area contributed by atoms with E-state index < -0.39 is 11.9 Å². The van der Waals surface area contributed by atoms with Crippen LogP contribution < -0.4 is 5.32 Å². The third-order valence-corrected chi connectivity index (χ3v) is 4.58. The van der Waals surface area contributed by atoms with Gasteiger partial charge in [0.05, 0.1) is 5.92 Å². The monoisotopic (exact) mass is 325 g/mol. The summed E-state index contributed by atoms with van der Waals surface area (Å²) < 4.78 is 1.12. The van der Waals surface area contributed by atoms with Crippen LogP contribution >= 0.6 is 11.3 Å². The van der Waals surface area contributed by atoms with Crippen LogP contribution in [0.3, 0.4) is 0 Å². The van der Waals surface area contributed by atoms with Gasteiger partial charge in [0, 0.05) is 16.8 Å². The Kier molecular flexibility index (Phi) is 4.39. The molecule has 0 radical (unpaired) electrons. The Morgan fingerprint density at radius 2 is 1.87 bits per heavy atom. The molecule has 0 aliphatic rings. The van der Waals surface area contributed by atoms with E-state index in [1.54, 1.807) is 41.7 Å². The molecule has 0 bridgehead atoms. The minimum atomic E-state index is -0.954. The molecule has 2 aromatic carbocycles. The molecule has 116 valence electrons. The lowest BCUT2D eigenvalue weighted by atomic mass is 9.99. The number of rotatable bonds is 5. The van der Waals surface area contributed by atoms with Gasteiger partial charge in [-0.1, -0.05) is 30.3 Å². The Morgan fingerprint density at radius 3 is 2.61 bits per heavy atom. The summed E-state index contributed by atoms with van der Waals surface area (Å²) in [4.78, 5) is 23.7. The molecule has 0 fully saturated rings. The molecule has 2 N–H and O–H groups in total. The Balaban J connectivity index is 1.72. The third kappa shape index (κ3) is 3.40. The number of nitrogens with one attached hydrogen (secondary N) is 1. The molecule has 1 unspecified atom stereocenters. The molecule has 4 nitrogen and oxygen atoms in total. The number of thiophene rings is 1. The second-order valence-corrected chi connectivity index (χ2v) is 6.13. The number of carboxylic acid groups (broad SMARTS) is 1. The number of benzene rings is 2. The van der Waals surface area contributed by atoms with Crippen molar-refractivity contribution in [2.45, 2.75) is 5.92 Å². The number of amides is 1. The molecule has 3 rings (SSSR count). The maximum atomic E-state index is 12.3. The number of carbonyl (C=O) groups excluding carboxylic acids is 1. The van der Waals surface area contributed by atoms with Crippen LogP contribution in [0.4, 0.5) is 0 Å². The largest absolute Gasteiger partial charge is 0.481 e. The summed E-state index contributed by atoms with van der Waals surface area (Å²) in [6.45, 7) is 0.0554. The molecule has 0 saturated carbocycles. The fraction of sp³-hybridized carbons (Fsp3) is 0.111. The highest BCUT2D eigenvalue weighted by atomic mass is 32.1. The zero-order valence-electron chi connectivity index (χ0n) is 12.2. The maximum Gasteiger partial charge on any atom is 0.312 e. The van der Waals surface area contributed by atoms with Gasteiger partial charge in [-0.15, -0.1) is 11.3 Å². The van der Waals surface area contributed by atoms with Gasteiger partial charge in [0.25, 0.3) is 5.91 Å². The summed E-state index contributed by atoms with van der Waals surface area (Å²) in [5, 5.41) is 15.1. The van der Waals surface area contributed by atoms with Gasteiger partial charge in [-0.05, 0) is 40.6 Å². The van der Waals surface area contributed by atoms with Crippen molar-refractivity contribution in [3.05, 3.63) is 71.1 Å². The van der Waals surface area contributed by atoms with Gasteiger partial charge in [-0.3, -0.25) is 9.59 Å². The van der Waals surface area contributed by atoms with Gasteiger partial charge >= 0.3 is 5.97 Å². The fourth-order valence-electron chi connectivity index (χ4n) is 2.44. The Labute approximate surface area is 137 Å². The first-order valence-corrected chi connectivity index (χ1v) is 8.06. The lowest BCUT2D eigenvalue weighted by Crippen LogP contribution is -2.31. The molecule has 1 atom stereocenters. The van der Waals surface area contributed by atoms with E-state index >= 15 is 0 Å². The van der Waals surface area contributed by atoms with Gasteiger partial charge < -0.3 is 10.4 Å². The van der Waals surface area contributed by atoms with Crippen LogP contribution in [0.1, 0.15) is 21.8 Å². The first-order chi connectivity index (χ1) is 11.1. The van der Waals surface area contributed by atoms with E-state index in [0.717, 1.165) is 10.1 Å². The van der Waals surface area contributed by atoms with Crippen LogP contribution in [0.2, 0.25) is 0 Å². The molecule has 3 aromatic rings. The average Bonchev–Trinajstić information content (AvgIpc) is 3.03. The maximum absolute atomic E-state index is 12.3. The molecule has 1 aromatic heterocycles. The predicted molar refractivity (Wildman–Crippen MR) is 91.0 cm³/mol. The molecular formula is C18H15NO3S. The second-order valence-electron chi connectivity index (χ2n) is 5.18. The smallest absolute Gasteiger partial charge is 0.312 e. The standard InChI is InChI=1S/C18H15NO3S/c20-17(14-6-7-16-13(10-14)8-9-23-16)19-11-15(18(21)22)12-4-2-1-3-5-12/h1-10,15H,11H2,(H,19,20)(H,21,22). The first kappa shape index (κ1) is 15.2. The molecule has 1 heterocycles. The minimum Gasteiger partial charge on any atom is -0.481 e. The van der Waals surface area contributed by atoms with Crippen molar-refractivity contribution in [1.29, 1.82) is 0 Å². The molecule has 0 spiro atoms. The van der Waals surface area contributed by atoms with E-state index in [1.165, 1.54) is 0 Å². The molecular weight excluding hydrogens is 310 g/mol. The number of carboxylic acids is 1. The second kappa shape index (κ2) is 6.62. The molecule has 1 amide bonds. The van der Waals surface area contributed by atoms with E-state index in [-0.39, 0.29) is 12.5 Å². The number of carbonyl (C=O) groups is 2. The van der Waals surface area contributed by atoms with Crippen molar-refractivity contribution in [3.63, 3.8) is 0 Å². The molecule has 0 aliphatic carbocycles. The van der Waals surface area contributed by atoms with E-state index in [1.807, 2.05) is 29.6 Å². The number of hydrogen-bond donors (Lipinski definition) is 2.